The SMILES string of the molecule is C=C[Si](C)(C)C.Cl. The number of hydrogen-bond donors (Lipinski definition) is 0. The predicted octanol–water partition coefficient (Wildman–Crippen LogP) is 2.47. The Labute approximate surface area is 53.0 Å². The molecular formula is C5H13ClSi. The molecule has 0 unspecified atom stereocenters. The van der Waals surface area contributed by atoms with E-state index in [1.807, 2.05) is 0 Å². The van der Waals surface area contributed by atoms with E-state index in [1.54, 1.807) is 0 Å². The van der Waals surface area contributed by atoms with E-state index in [0.717, 1.165) is 0 Å². The van der Waals surface area contributed by atoms with Gasteiger partial charge < -0.3 is 0 Å². The summed E-state index contributed by atoms with van der Waals surface area (Å²) in [7, 11) is -0.867. The Balaban J connectivity index is 0. The molecule has 0 atom stereocenters. The summed E-state index contributed by atoms with van der Waals surface area (Å²) in [6, 6.07) is 0. The van der Waals surface area contributed by atoms with Gasteiger partial charge in [-0.3, -0.25) is 0 Å². The highest BCUT2D eigenvalue weighted by Crippen LogP contribution is 1.98. The molecule has 0 aliphatic rings. The van der Waals surface area contributed by atoms with E-state index in [1.165, 1.54) is 0 Å². The molecule has 0 saturated heterocycles. The van der Waals surface area contributed by atoms with Gasteiger partial charge in [-0.2, -0.15) is 0 Å². The molecular weight excluding hydrogens is 124 g/mol. The van der Waals surface area contributed by atoms with Crippen molar-refractivity contribution in [3.63, 3.8) is 0 Å². The molecule has 0 aromatic carbocycles. The van der Waals surface area contributed by atoms with Gasteiger partial charge >= 0.3 is 0 Å². The van der Waals surface area contributed by atoms with E-state index in [-0.39, 0.29) is 12.4 Å². The van der Waals surface area contributed by atoms with Crippen LogP contribution in [0.4, 0.5) is 0 Å². The molecule has 44 valence electrons. The van der Waals surface area contributed by atoms with Crippen molar-refractivity contribution in [1.29, 1.82) is 0 Å². The Bertz CT molecular complexity index is 53.6. The minimum Gasteiger partial charge on any atom is -0.147 e. The fraction of sp³-hybridized carbons (Fsp3) is 0.600. The maximum absolute atomic E-state index is 3.69. The Morgan fingerprint density at radius 3 is 1.43 bits per heavy atom. The van der Waals surface area contributed by atoms with Crippen LogP contribution >= 0.6 is 12.4 Å². The summed E-state index contributed by atoms with van der Waals surface area (Å²) in [6.07, 6.45) is 0. The average molecular weight is 137 g/mol. The lowest BCUT2D eigenvalue weighted by atomic mass is 11.3. The van der Waals surface area contributed by atoms with Gasteiger partial charge in [0.15, 0.2) is 0 Å². The van der Waals surface area contributed by atoms with Gasteiger partial charge in [0.2, 0.25) is 0 Å². The molecule has 7 heavy (non-hydrogen) atoms. The molecule has 0 rings (SSSR count). The highest BCUT2D eigenvalue weighted by atomic mass is 35.5. The first kappa shape index (κ1) is 10.3. The smallest absolute Gasteiger partial charge is 0.0679 e. The molecule has 0 aromatic rings. The van der Waals surface area contributed by atoms with Crippen LogP contribution in [0, 0.1) is 0 Å². The van der Waals surface area contributed by atoms with Crippen molar-refractivity contribution in [1.82, 2.24) is 0 Å². The lowest BCUT2D eigenvalue weighted by Gasteiger charge is -2.04. The van der Waals surface area contributed by atoms with Crippen molar-refractivity contribution in [2.24, 2.45) is 0 Å². The van der Waals surface area contributed by atoms with Crippen LogP contribution in [-0.2, 0) is 0 Å². The van der Waals surface area contributed by atoms with Crippen molar-refractivity contribution < 1.29 is 0 Å². The molecule has 0 spiro atoms. The Morgan fingerprint density at radius 2 is 1.43 bits per heavy atom. The van der Waals surface area contributed by atoms with E-state index in [9.17, 15) is 0 Å². The molecule has 0 heterocycles. The summed E-state index contributed by atoms with van der Waals surface area (Å²) in [5, 5.41) is 0. The molecule has 0 amide bonds. The Kier molecular flexibility index (Phi) is 4.81. The van der Waals surface area contributed by atoms with Crippen molar-refractivity contribution >= 4 is 20.5 Å². The van der Waals surface area contributed by atoms with Crippen LogP contribution < -0.4 is 0 Å². The summed E-state index contributed by atoms with van der Waals surface area (Å²) in [5.74, 6) is 0. The van der Waals surface area contributed by atoms with Gasteiger partial charge in [0, 0.05) is 0 Å². The molecule has 0 nitrogen and oxygen atoms in total. The Hall–Kier alpha value is 0.247. The fourth-order valence-corrected chi connectivity index (χ4v) is 0. The lowest BCUT2D eigenvalue weighted by molar-refractivity contribution is 1.78. The van der Waals surface area contributed by atoms with Gasteiger partial charge in [-0.05, 0) is 0 Å². The average Bonchev–Trinajstić information content (AvgIpc) is 1.35. The zero-order valence-corrected chi connectivity index (χ0v) is 7.01. The molecule has 0 aliphatic heterocycles. The van der Waals surface area contributed by atoms with E-state index in [2.05, 4.69) is 31.9 Å². The van der Waals surface area contributed by atoms with Crippen molar-refractivity contribution in [3.8, 4) is 0 Å². The number of rotatable bonds is 1. The summed E-state index contributed by atoms with van der Waals surface area (Å²) >= 11 is 0. The zero-order valence-electron chi connectivity index (χ0n) is 5.19. The van der Waals surface area contributed by atoms with Gasteiger partial charge in [0.05, 0.1) is 8.07 Å². The number of halogens is 1. The van der Waals surface area contributed by atoms with Crippen LogP contribution in [-0.4, -0.2) is 8.07 Å². The van der Waals surface area contributed by atoms with Gasteiger partial charge in [-0.25, -0.2) is 0 Å². The van der Waals surface area contributed by atoms with E-state index >= 15 is 0 Å². The molecule has 0 saturated carbocycles. The summed E-state index contributed by atoms with van der Waals surface area (Å²) in [5.41, 5.74) is 2.08. The van der Waals surface area contributed by atoms with Crippen molar-refractivity contribution in [3.05, 3.63) is 12.3 Å². The molecule has 0 radical (unpaired) electrons. The van der Waals surface area contributed by atoms with Crippen molar-refractivity contribution in [2.45, 2.75) is 19.6 Å². The second-order valence-corrected chi connectivity index (χ2v) is 7.71. The molecule has 0 bridgehead atoms. The molecule has 0 aliphatic carbocycles. The quantitative estimate of drug-likeness (QED) is 0.486. The maximum atomic E-state index is 3.69. The Morgan fingerprint density at radius 1 is 1.29 bits per heavy atom. The zero-order chi connectivity index (χ0) is 5.21. The molecule has 0 fully saturated rings. The van der Waals surface area contributed by atoms with Gasteiger partial charge in [-0.15, -0.1) is 24.7 Å². The molecule has 0 N–H and O–H groups in total. The monoisotopic (exact) mass is 136 g/mol. The summed E-state index contributed by atoms with van der Waals surface area (Å²) < 4.78 is 0. The van der Waals surface area contributed by atoms with Crippen LogP contribution in [0.5, 0.6) is 0 Å². The minimum absolute atomic E-state index is 0. The summed E-state index contributed by atoms with van der Waals surface area (Å²) in [4.78, 5) is 0. The maximum Gasteiger partial charge on any atom is 0.0679 e. The largest absolute Gasteiger partial charge is 0.147 e. The van der Waals surface area contributed by atoms with Gasteiger partial charge in [0.25, 0.3) is 0 Å². The highest BCUT2D eigenvalue weighted by Gasteiger charge is 2.03. The van der Waals surface area contributed by atoms with Crippen LogP contribution in [0.25, 0.3) is 0 Å². The highest BCUT2D eigenvalue weighted by molar-refractivity contribution is 6.80. The van der Waals surface area contributed by atoms with Gasteiger partial charge in [-0.1, -0.05) is 19.6 Å². The number of hydrogen-bond acceptors (Lipinski definition) is 0. The normalized spacial score (nSPS) is 9.57. The third-order valence-corrected chi connectivity index (χ3v) is 1.84. The first-order valence-electron chi connectivity index (χ1n) is 2.20. The van der Waals surface area contributed by atoms with E-state index < -0.39 is 8.07 Å². The lowest BCUT2D eigenvalue weighted by Crippen LogP contribution is -2.14. The van der Waals surface area contributed by atoms with Crippen molar-refractivity contribution in [2.75, 3.05) is 0 Å². The standard InChI is InChI=1S/C5H12Si.ClH/c1-5-6(2,3)4;/h5H,1H2,2-4H3;1H. The molecule has 2 heteroatoms. The van der Waals surface area contributed by atoms with Crippen LogP contribution in [0.3, 0.4) is 0 Å². The van der Waals surface area contributed by atoms with Gasteiger partial charge in [0.1, 0.15) is 0 Å². The fourth-order valence-electron chi connectivity index (χ4n) is 0. The minimum atomic E-state index is -0.867. The third kappa shape index (κ3) is 10.7. The third-order valence-electron chi connectivity index (χ3n) is 0.612. The first-order chi connectivity index (χ1) is 2.56. The summed E-state index contributed by atoms with van der Waals surface area (Å²) in [6.45, 7) is 10.5. The van der Waals surface area contributed by atoms with Crippen LogP contribution in [0.2, 0.25) is 19.6 Å². The van der Waals surface area contributed by atoms with E-state index in [4.69, 9.17) is 0 Å². The predicted molar refractivity (Wildman–Crippen MR) is 40.8 cm³/mol. The second-order valence-electron chi connectivity index (χ2n) is 2.57. The van der Waals surface area contributed by atoms with Crippen LogP contribution in [0.1, 0.15) is 0 Å². The second kappa shape index (κ2) is 3.27. The van der Waals surface area contributed by atoms with Crippen LogP contribution in [0.15, 0.2) is 12.3 Å². The topological polar surface area (TPSA) is 0 Å². The first-order valence-corrected chi connectivity index (χ1v) is 5.77. The molecule has 0 aromatic heterocycles. The van der Waals surface area contributed by atoms with E-state index in [0.29, 0.717) is 0 Å².